The first-order chi connectivity index (χ1) is 9.13. The van der Waals surface area contributed by atoms with Crippen molar-refractivity contribution in [1.82, 2.24) is 5.32 Å². The molecule has 2 fully saturated rings. The summed E-state index contributed by atoms with van der Waals surface area (Å²) >= 11 is 0. The third-order valence-electron chi connectivity index (χ3n) is 5.18. The zero-order valence-electron chi connectivity index (χ0n) is 12.5. The van der Waals surface area contributed by atoms with Gasteiger partial charge in [-0.05, 0) is 54.5 Å². The highest BCUT2D eigenvalue weighted by Crippen LogP contribution is 2.61. The molecule has 0 aliphatic heterocycles. The molecule has 1 aromatic carbocycles. The fraction of sp³-hybridized carbons (Fsp3) is 0.667. The van der Waals surface area contributed by atoms with Gasteiger partial charge >= 0.3 is 0 Å². The van der Waals surface area contributed by atoms with Gasteiger partial charge in [0.15, 0.2) is 0 Å². The van der Waals surface area contributed by atoms with Crippen molar-refractivity contribution in [2.75, 3.05) is 6.54 Å². The molecule has 19 heavy (non-hydrogen) atoms. The Morgan fingerprint density at radius 1 is 1.26 bits per heavy atom. The largest absolute Gasteiger partial charge is 0.313 e. The highest BCUT2D eigenvalue weighted by Gasteiger charge is 2.56. The minimum atomic E-state index is 0.579. The molecule has 1 aromatic rings. The third kappa shape index (κ3) is 2.72. The average Bonchev–Trinajstić information content (AvgIpc) is 3.29. The van der Waals surface area contributed by atoms with Crippen molar-refractivity contribution >= 4 is 0 Å². The van der Waals surface area contributed by atoms with Crippen molar-refractivity contribution in [2.45, 2.75) is 52.0 Å². The topological polar surface area (TPSA) is 12.0 Å². The first-order valence-electron chi connectivity index (χ1n) is 7.92. The van der Waals surface area contributed by atoms with Crippen molar-refractivity contribution in [1.29, 1.82) is 0 Å². The molecule has 0 spiro atoms. The van der Waals surface area contributed by atoms with Crippen LogP contribution in [0.4, 0.5) is 0 Å². The van der Waals surface area contributed by atoms with Gasteiger partial charge in [0.2, 0.25) is 0 Å². The van der Waals surface area contributed by atoms with Crippen LogP contribution >= 0.6 is 0 Å². The average molecular weight is 257 g/mol. The van der Waals surface area contributed by atoms with E-state index in [0.29, 0.717) is 5.41 Å². The van der Waals surface area contributed by atoms with Gasteiger partial charge < -0.3 is 5.32 Å². The van der Waals surface area contributed by atoms with Gasteiger partial charge in [0.1, 0.15) is 0 Å². The maximum Gasteiger partial charge on any atom is 0.0135 e. The molecule has 4 atom stereocenters. The van der Waals surface area contributed by atoms with Crippen molar-refractivity contribution in [3.63, 3.8) is 0 Å². The van der Waals surface area contributed by atoms with Crippen LogP contribution in [0.5, 0.6) is 0 Å². The van der Waals surface area contributed by atoms with Gasteiger partial charge in [-0.3, -0.25) is 0 Å². The normalized spacial score (nSPS) is 32.9. The predicted molar refractivity (Wildman–Crippen MR) is 81.3 cm³/mol. The second-order valence-electron chi connectivity index (χ2n) is 7.20. The van der Waals surface area contributed by atoms with Gasteiger partial charge in [0, 0.05) is 6.04 Å². The summed E-state index contributed by atoms with van der Waals surface area (Å²) in [6.07, 6.45) is 4.04. The second-order valence-corrected chi connectivity index (χ2v) is 7.20. The standard InChI is InChI=1S/C18H27N/c1-4-10-19-17(16-12-18(16,2)3)15-11-14(15)13-8-6-5-7-9-13/h5-9,14-17,19H,4,10-12H2,1-3H3. The first-order valence-corrected chi connectivity index (χ1v) is 7.92. The van der Waals surface area contributed by atoms with Crippen molar-refractivity contribution in [3.05, 3.63) is 35.9 Å². The van der Waals surface area contributed by atoms with Crippen molar-refractivity contribution in [2.24, 2.45) is 17.3 Å². The van der Waals surface area contributed by atoms with Gasteiger partial charge in [-0.2, -0.15) is 0 Å². The van der Waals surface area contributed by atoms with E-state index in [1.807, 2.05) is 0 Å². The maximum absolute atomic E-state index is 3.85. The Morgan fingerprint density at radius 3 is 2.53 bits per heavy atom. The SMILES string of the molecule is CCCNC(C1CC1c1ccccc1)C1CC1(C)C. The zero-order chi connectivity index (χ0) is 13.5. The van der Waals surface area contributed by atoms with Crippen LogP contribution in [0.2, 0.25) is 0 Å². The van der Waals surface area contributed by atoms with Crippen LogP contribution in [0.15, 0.2) is 30.3 Å². The van der Waals surface area contributed by atoms with E-state index >= 15 is 0 Å². The highest BCUT2D eigenvalue weighted by atomic mass is 15.0. The van der Waals surface area contributed by atoms with Crippen molar-refractivity contribution in [3.8, 4) is 0 Å². The van der Waals surface area contributed by atoms with E-state index in [1.54, 1.807) is 5.56 Å². The minimum Gasteiger partial charge on any atom is -0.313 e. The monoisotopic (exact) mass is 257 g/mol. The van der Waals surface area contributed by atoms with Gasteiger partial charge in [-0.15, -0.1) is 0 Å². The summed E-state index contributed by atoms with van der Waals surface area (Å²) in [6.45, 7) is 8.30. The molecule has 1 N–H and O–H groups in total. The summed E-state index contributed by atoms with van der Waals surface area (Å²) in [7, 11) is 0. The molecule has 3 rings (SSSR count). The van der Waals surface area contributed by atoms with E-state index in [2.05, 4.69) is 56.4 Å². The maximum atomic E-state index is 3.85. The summed E-state index contributed by atoms with van der Waals surface area (Å²) < 4.78 is 0. The lowest BCUT2D eigenvalue weighted by molar-refractivity contribution is 0.365. The molecule has 4 unspecified atom stereocenters. The number of benzene rings is 1. The van der Waals surface area contributed by atoms with E-state index in [1.165, 1.54) is 25.8 Å². The first kappa shape index (κ1) is 13.2. The molecule has 2 aliphatic rings. The van der Waals surface area contributed by atoms with E-state index in [4.69, 9.17) is 0 Å². The van der Waals surface area contributed by atoms with Crippen LogP contribution in [0.3, 0.4) is 0 Å². The fourth-order valence-corrected chi connectivity index (χ4v) is 3.72. The minimum absolute atomic E-state index is 0.579. The third-order valence-corrected chi connectivity index (χ3v) is 5.18. The molecular weight excluding hydrogens is 230 g/mol. The molecule has 1 nitrogen and oxygen atoms in total. The second kappa shape index (κ2) is 4.94. The Bertz CT molecular complexity index is 423. The summed E-state index contributed by atoms with van der Waals surface area (Å²) in [5, 5.41) is 3.85. The van der Waals surface area contributed by atoms with Gasteiger partial charge in [0.05, 0.1) is 0 Å². The van der Waals surface area contributed by atoms with Crippen LogP contribution in [-0.4, -0.2) is 12.6 Å². The quantitative estimate of drug-likeness (QED) is 0.805. The number of hydrogen-bond donors (Lipinski definition) is 1. The molecule has 2 saturated carbocycles. The lowest BCUT2D eigenvalue weighted by Crippen LogP contribution is -2.35. The van der Waals surface area contributed by atoms with E-state index < -0.39 is 0 Å². The van der Waals surface area contributed by atoms with Gasteiger partial charge in [-0.25, -0.2) is 0 Å². The molecule has 2 aliphatic carbocycles. The van der Waals surface area contributed by atoms with Crippen LogP contribution in [0.1, 0.15) is 51.5 Å². The van der Waals surface area contributed by atoms with E-state index in [-0.39, 0.29) is 0 Å². The highest BCUT2D eigenvalue weighted by molar-refractivity contribution is 5.27. The molecule has 0 radical (unpaired) electrons. The molecule has 0 amide bonds. The van der Waals surface area contributed by atoms with Gasteiger partial charge in [-0.1, -0.05) is 51.1 Å². The van der Waals surface area contributed by atoms with Crippen LogP contribution < -0.4 is 5.32 Å². The molecule has 1 heteroatoms. The number of rotatable bonds is 6. The summed E-state index contributed by atoms with van der Waals surface area (Å²) in [5.74, 6) is 2.59. The molecular formula is C18H27N. The zero-order valence-corrected chi connectivity index (χ0v) is 12.5. The Balaban J connectivity index is 1.66. The smallest absolute Gasteiger partial charge is 0.0135 e. The Labute approximate surface area is 117 Å². The molecule has 0 aromatic heterocycles. The lowest BCUT2D eigenvalue weighted by Gasteiger charge is -2.20. The molecule has 0 saturated heterocycles. The lowest BCUT2D eigenvalue weighted by atomic mass is 9.97. The van der Waals surface area contributed by atoms with Crippen LogP contribution in [0, 0.1) is 17.3 Å². The van der Waals surface area contributed by atoms with Crippen LogP contribution in [0.25, 0.3) is 0 Å². The Kier molecular flexibility index (Phi) is 3.42. The Hall–Kier alpha value is -0.820. The number of nitrogens with one attached hydrogen (secondary N) is 1. The van der Waals surface area contributed by atoms with E-state index in [9.17, 15) is 0 Å². The molecule has 104 valence electrons. The van der Waals surface area contributed by atoms with Crippen LogP contribution in [-0.2, 0) is 0 Å². The predicted octanol–water partition coefficient (Wildman–Crippen LogP) is 4.20. The fourth-order valence-electron chi connectivity index (χ4n) is 3.72. The molecule has 0 heterocycles. The number of hydrogen-bond acceptors (Lipinski definition) is 1. The molecule has 0 bridgehead atoms. The van der Waals surface area contributed by atoms with Crippen molar-refractivity contribution < 1.29 is 0 Å². The van der Waals surface area contributed by atoms with E-state index in [0.717, 1.165) is 23.8 Å². The van der Waals surface area contributed by atoms with Gasteiger partial charge in [0.25, 0.3) is 0 Å². The Morgan fingerprint density at radius 2 is 1.95 bits per heavy atom. The summed E-state index contributed by atoms with van der Waals surface area (Å²) in [6, 6.07) is 11.8. The summed E-state index contributed by atoms with van der Waals surface area (Å²) in [5.41, 5.74) is 2.13. The summed E-state index contributed by atoms with van der Waals surface area (Å²) in [4.78, 5) is 0.